The lowest BCUT2D eigenvalue weighted by Gasteiger charge is -2.24. The lowest BCUT2D eigenvalue weighted by Crippen LogP contribution is -2.33. The van der Waals surface area contributed by atoms with Gasteiger partial charge in [0, 0.05) is 6.54 Å². The summed E-state index contributed by atoms with van der Waals surface area (Å²) in [6, 6.07) is 3.90. The van der Waals surface area contributed by atoms with Gasteiger partial charge >= 0.3 is 0 Å². The number of carbonyl (C=O) groups is 1. The van der Waals surface area contributed by atoms with Gasteiger partial charge in [-0.1, -0.05) is 18.9 Å². The Kier molecular flexibility index (Phi) is 2.83. The Morgan fingerprint density at radius 3 is 2.62 bits per heavy atom. The van der Waals surface area contributed by atoms with E-state index in [0.29, 0.717) is 12.1 Å². The number of hydrogen-bond donors (Lipinski definition) is 1. The highest BCUT2D eigenvalue weighted by molar-refractivity contribution is 5.92. The molecule has 1 N–H and O–H groups in total. The summed E-state index contributed by atoms with van der Waals surface area (Å²) in [5.74, 6) is -0.855. The maximum Gasteiger partial charge on any atom is 0.244 e. The van der Waals surface area contributed by atoms with E-state index in [0.717, 1.165) is 31.2 Å². The molecule has 3 fully saturated rings. The third-order valence-electron chi connectivity index (χ3n) is 4.88. The second-order valence-electron chi connectivity index (χ2n) is 6.53. The quantitative estimate of drug-likeness (QED) is 0.925. The first-order chi connectivity index (χ1) is 10.1. The molecule has 2 aliphatic carbocycles. The van der Waals surface area contributed by atoms with Crippen molar-refractivity contribution in [2.45, 2.75) is 43.8 Å². The summed E-state index contributed by atoms with van der Waals surface area (Å²) in [6.45, 7) is 0.696. The summed E-state index contributed by atoms with van der Waals surface area (Å²) in [4.78, 5) is 14.4. The van der Waals surface area contributed by atoms with Crippen LogP contribution in [0.5, 0.6) is 0 Å². The van der Waals surface area contributed by atoms with Crippen LogP contribution in [0.1, 0.15) is 43.8 Å². The van der Waals surface area contributed by atoms with Crippen LogP contribution in [0.4, 0.5) is 8.78 Å². The molecule has 2 saturated carbocycles. The Balaban J connectivity index is 1.60. The monoisotopic (exact) mass is 292 g/mol. The van der Waals surface area contributed by atoms with E-state index in [9.17, 15) is 13.6 Å². The molecule has 1 aromatic carbocycles. The number of benzene rings is 1. The third-order valence-corrected chi connectivity index (χ3v) is 4.88. The van der Waals surface area contributed by atoms with Gasteiger partial charge in [-0.05, 0) is 42.9 Å². The summed E-state index contributed by atoms with van der Waals surface area (Å²) in [5, 5.41) is 3.34. The van der Waals surface area contributed by atoms with E-state index in [1.807, 2.05) is 4.90 Å². The molecule has 4 rings (SSSR count). The predicted octanol–water partition coefficient (Wildman–Crippen LogP) is 2.73. The molecule has 1 heterocycles. The van der Waals surface area contributed by atoms with Crippen molar-refractivity contribution in [3.8, 4) is 0 Å². The number of nitrogens with zero attached hydrogens (tertiary/aromatic N) is 1. The average Bonchev–Trinajstić information content (AvgIpc) is 3.35. The van der Waals surface area contributed by atoms with E-state index in [-0.39, 0.29) is 12.1 Å². The van der Waals surface area contributed by atoms with Crippen molar-refractivity contribution in [3.63, 3.8) is 0 Å². The van der Waals surface area contributed by atoms with Gasteiger partial charge in [-0.15, -0.1) is 0 Å². The summed E-state index contributed by atoms with van der Waals surface area (Å²) in [5.41, 5.74) is 0.195. The van der Waals surface area contributed by atoms with Crippen LogP contribution >= 0.6 is 0 Å². The predicted molar refractivity (Wildman–Crippen MR) is 73.3 cm³/mol. The van der Waals surface area contributed by atoms with Gasteiger partial charge in [0.1, 0.15) is 11.7 Å². The topological polar surface area (TPSA) is 32.3 Å². The normalized spacial score (nSPS) is 26.7. The van der Waals surface area contributed by atoms with Gasteiger partial charge < -0.3 is 4.90 Å². The zero-order valence-electron chi connectivity index (χ0n) is 11.7. The van der Waals surface area contributed by atoms with Crippen molar-refractivity contribution in [2.75, 3.05) is 6.54 Å². The van der Waals surface area contributed by atoms with Crippen LogP contribution in [-0.4, -0.2) is 22.9 Å². The standard InChI is InChI=1S/C16H18F2N2O/c17-12-4-3-11(9-13(12)18)14-19-16(6-7-16)15(21)20(14)8-5-10-1-2-10/h3-4,9-10,14,19H,1-2,5-8H2. The number of amides is 1. The Hall–Kier alpha value is -1.49. The second-order valence-corrected chi connectivity index (χ2v) is 6.53. The van der Waals surface area contributed by atoms with Gasteiger partial charge in [0.2, 0.25) is 5.91 Å². The van der Waals surface area contributed by atoms with E-state index >= 15 is 0 Å². The molecule has 1 saturated heterocycles. The highest BCUT2D eigenvalue weighted by Crippen LogP contribution is 2.46. The van der Waals surface area contributed by atoms with Crippen LogP contribution in [0.3, 0.4) is 0 Å². The minimum atomic E-state index is -0.861. The van der Waals surface area contributed by atoms with Crippen LogP contribution in [-0.2, 0) is 4.79 Å². The zero-order valence-corrected chi connectivity index (χ0v) is 11.7. The molecular weight excluding hydrogens is 274 g/mol. The van der Waals surface area contributed by atoms with Gasteiger partial charge in [0.05, 0.1) is 0 Å². The van der Waals surface area contributed by atoms with Crippen molar-refractivity contribution in [2.24, 2.45) is 5.92 Å². The zero-order chi connectivity index (χ0) is 14.6. The van der Waals surface area contributed by atoms with Crippen LogP contribution in [0.25, 0.3) is 0 Å². The van der Waals surface area contributed by atoms with Crippen molar-refractivity contribution in [1.82, 2.24) is 10.2 Å². The van der Waals surface area contributed by atoms with Crippen molar-refractivity contribution < 1.29 is 13.6 Å². The molecule has 3 nitrogen and oxygen atoms in total. The second kappa shape index (κ2) is 4.50. The molecule has 1 spiro atoms. The van der Waals surface area contributed by atoms with Gasteiger partial charge in [0.15, 0.2) is 11.6 Å². The highest BCUT2D eigenvalue weighted by atomic mass is 19.2. The number of rotatable bonds is 4. The Morgan fingerprint density at radius 1 is 1.24 bits per heavy atom. The number of nitrogens with one attached hydrogen (secondary N) is 1. The van der Waals surface area contributed by atoms with E-state index in [1.54, 1.807) is 6.07 Å². The van der Waals surface area contributed by atoms with E-state index in [1.165, 1.54) is 18.9 Å². The minimum absolute atomic E-state index is 0.123. The fourth-order valence-electron chi connectivity index (χ4n) is 3.18. The minimum Gasteiger partial charge on any atom is -0.321 e. The average molecular weight is 292 g/mol. The summed E-state index contributed by atoms with van der Waals surface area (Å²) in [6.07, 6.45) is 4.85. The van der Waals surface area contributed by atoms with Crippen molar-refractivity contribution in [1.29, 1.82) is 0 Å². The van der Waals surface area contributed by atoms with Crippen LogP contribution in [0.2, 0.25) is 0 Å². The lowest BCUT2D eigenvalue weighted by atomic mass is 10.1. The van der Waals surface area contributed by atoms with E-state index < -0.39 is 17.2 Å². The molecule has 1 atom stereocenters. The molecule has 3 aliphatic rings. The lowest BCUT2D eigenvalue weighted by molar-refractivity contribution is -0.131. The molecule has 5 heteroatoms. The smallest absolute Gasteiger partial charge is 0.244 e. The van der Waals surface area contributed by atoms with Gasteiger partial charge in [-0.25, -0.2) is 8.78 Å². The van der Waals surface area contributed by atoms with Gasteiger partial charge in [-0.2, -0.15) is 0 Å². The maximum absolute atomic E-state index is 13.5. The molecule has 1 aliphatic heterocycles. The molecule has 1 amide bonds. The SMILES string of the molecule is O=C1N(CCC2CC2)C(c2ccc(F)c(F)c2)NC12CC2. The third kappa shape index (κ3) is 2.24. The summed E-state index contributed by atoms with van der Waals surface area (Å²) < 4.78 is 26.6. The molecule has 1 unspecified atom stereocenters. The van der Waals surface area contributed by atoms with Gasteiger partial charge in [0.25, 0.3) is 0 Å². The largest absolute Gasteiger partial charge is 0.321 e. The molecule has 112 valence electrons. The molecular formula is C16H18F2N2O. The van der Waals surface area contributed by atoms with Crippen LogP contribution < -0.4 is 5.32 Å². The fourth-order valence-corrected chi connectivity index (χ4v) is 3.18. The maximum atomic E-state index is 13.5. The fraction of sp³-hybridized carbons (Fsp3) is 0.562. The highest BCUT2D eigenvalue weighted by Gasteiger charge is 2.59. The van der Waals surface area contributed by atoms with E-state index in [2.05, 4.69) is 5.32 Å². The van der Waals surface area contributed by atoms with Crippen LogP contribution in [0, 0.1) is 17.6 Å². The molecule has 0 radical (unpaired) electrons. The van der Waals surface area contributed by atoms with Crippen molar-refractivity contribution >= 4 is 5.91 Å². The first kappa shape index (κ1) is 13.2. The Bertz CT molecular complexity index is 596. The number of hydrogen-bond acceptors (Lipinski definition) is 2. The first-order valence-corrected chi connectivity index (χ1v) is 7.63. The number of carbonyl (C=O) groups excluding carboxylic acids is 1. The Labute approximate surface area is 122 Å². The molecule has 0 bridgehead atoms. The van der Waals surface area contributed by atoms with Gasteiger partial charge in [-0.3, -0.25) is 10.1 Å². The number of halogens is 2. The van der Waals surface area contributed by atoms with Crippen LogP contribution in [0.15, 0.2) is 18.2 Å². The van der Waals surface area contributed by atoms with E-state index in [4.69, 9.17) is 0 Å². The molecule has 0 aromatic heterocycles. The van der Waals surface area contributed by atoms with Crippen molar-refractivity contribution in [3.05, 3.63) is 35.4 Å². The first-order valence-electron chi connectivity index (χ1n) is 7.63. The molecule has 1 aromatic rings. The molecule has 21 heavy (non-hydrogen) atoms. The summed E-state index contributed by atoms with van der Waals surface area (Å²) in [7, 11) is 0. The Morgan fingerprint density at radius 2 is 2.00 bits per heavy atom. The summed E-state index contributed by atoms with van der Waals surface area (Å²) >= 11 is 0.